The molecule has 0 spiro atoms. The highest BCUT2D eigenvalue weighted by Gasteiger charge is 2.16. The number of hydrogen-bond acceptors (Lipinski definition) is 5. The van der Waals surface area contributed by atoms with Crippen molar-refractivity contribution in [1.29, 1.82) is 0 Å². The van der Waals surface area contributed by atoms with Crippen LogP contribution in [0.1, 0.15) is 32.3 Å². The lowest BCUT2D eigenvalue weighted by molar-refractivity contribution is 0.601. The highest BCUT2D eigenvalue weighted by Crippen LogP contribution is 2.31. The molecule has 0 radical (unpaired) electrons. The maximum Gasteiger partial charge on any atom is 0.261 e. The summed E-state index contributed by atoms with van der Waals surface area (Å²) >= 11 is 3.19. The van der Waals surface area contributed by atoms with Crippen molar-refractivity contribution < 1.29 is 8.42 Å². The maximum absolute atomic E-state index is 12.7. The van der Waals surface area contributed by atoms with Gasteiger partial charge < -0.3 is 0 Å². The summed E-state index contributed by atoms with van der Waals surface area (Å²) in [5.41, 5.74) is 2.58. The maximum atomic E-state index is 12.7. The quantitative estimate of drug-likeness (QED) is 0.576. The number of thiazole rings is 1. The Balaban J connectivity index is 1.87. The zero-order valence-corrected chi connectivity index (χ0v) is 16.8. The molecule has 25 heavy (non-hydrogen) atoms. The van der Waals surface area contributed by atoms with E-state index in [9.17, 15) is 8.42 Å². The normalized spacial score (nSPS) is 12.0. The van der Waals surface area contributed by atoms with Crippen LogP contribution in [0, 0.1) is 0 Å². The first-order chi connectivity index (χ1) is 11.9. The predicted octanol–water partition coefficient (Wildman–Crippen LogP) is 5.33. The molecular formula is C18H20N2O2S3. The Kier molecular flexibility index (Phi) is 5.36. The van der Waals surface area contributed by atoms with Gasteiger partial charge in [0.1, 0.15) is 0 Å². The van der Waals surface area contributed by atoms with E-state index in [4.69, 9.17) is 0 Å². The summed E-state index contributed by atoms with van der Waals surface area (Å²) in [5.74, 6) is 1.36. The second kappa shape index (κ2) is 7.35. The SMILES string of the molecule is CCSc1nc2ccc(S(=O)(=O)Nc3ccc(C(C)C)cc3)cc2s1. The average Bonchev–Trinajstić information content (AvgIpc) is 2.97. The minimum atomic E-state index is -3.62. The lowest BCUT2D eigenvalue weighted by Gasteiger charge is -2.10. The molecule has 0 bridgehead atoms. The van der Waals surface area contributed by atoms with Gasteiger partial charge in [-0.25, -0.2) is 13.4 Å². The molecule has 7 heteroatoms. The Bertz CT molecular complexity index is 977. The number of rotatable bonds is 6. The van der Waals surface area contributed by atoms with Crippen LogP contribution in [0.5, 0.6) is 0 Å². The molecule has 0 saturated carbocycles. The van der Waals surface area contributed by atoms with Crippen LogP contribution < -0.4 is 4.72 Å². The first-order valence-electron chi connectivity index (χ1n) is 8.05. The van der Waals surface area contributed by atoms with E-state index in [0.29, 0.717) is 11.6 Å². The molecule has 1 heterocycles. The van der Waals surface area contributed by atoms with Crippen LogP contribution >= 0.6 is 23.1 Å². The van der Waals surface area contributed by atoms with E-state index in [1.54, 1.807) is 42.1 Å². The molecule has 0 unspecified atom stereocenters. The van der Waals surface area contributed by atoms with Gasteiger partial charge in [-0.15, -0.1) is 11.3 Å². The Labute approximate surface area is 156 Å². The number of hydrogen-bond donors (Lipinski definition) is 1. The number of benzene rings is 2. The molecule has 0 aliphatic carbocycles. The topological polar surface area (TPSA) is 59.1 Å². The number of nitrogens with zero attached hydrogens (tertiary/aromatic N) is 1. The molecule has 1 aromatic heterocycles. The Hall–Kier alpha value is -1.57. The van der Waals surface area contributed by atoms with Crippen LogP contribution in [0.25, 0.3) is 10.2 Å². The second-order valence-electron chi connectivity index (χ2n) is 5.92. The molecule has 2 aromatic carbocycles. The van der Waals surface area contributed by atoms with Crippen LogP contribution in [0.3, 0.4) is 0 Å². The third-order valence-corrected chi connectivity index (χ3v) is 7.17. The van der Waals surface area contributed by atoms with Gasteiger partial charge in [0.2, 0.25) is 0 Å². The molecule has 0 aliphatic heterocycles. The summed E-state index contributed by atoms with van der Waals surface area (Å²) < 4.78 is 29.8. The van der Waals surface area contributed by atoms with E-state index in [2.05, 4.69) is 30.5 Å². The number of nitrogens with one attached hydrogen (secondary N) is 1. The van der Waals surface area contributed by atoms with E-state index in [1.165, 1.54) is 16.9 Å². The van der Waals surface area contributed by atoms with Gasteiger partial charge in [0, 0.05) is 5.69 Å². The van der Waals surface area contributed by atoms with E-state index in [-0.39, 0.29) is 4.90 Å². The van der Waals surface area contributed by atoms with Crippen LogP contribution in [0.15, 0.2) is 51.7 Å². The van der Waals surface area contributed by atoms with Crippen molar-refractivity contribution in [3.8, 4) is 0 Å². The van der Waals surface area contributed by atoms with Gasteiger partial charge >= 0.3 is 0 Å². The van der Waals surface area contributed by atoms with Gasteiger partial charge in [-0.2, -0.15) is 0 Å². The van der Waals surface area contributed by atoms with E-state index in [0.717, 1.165) is 20.3 Å². The van der Waals surface area contributed by atoms with Crippen LogP contribution in [0.2, 0.25) is 0 Å². The molecule has 4 nitrogen and oxygen atoms in total. The summed E-state index contributed by atoms with van der Waals surface area (Å²) in [7, 11) is -3.62. The van der Waals surface area contributed by atoms with Gasteiger partial charge in [0.15, 0.2) is 4.34 Å². The van der Waals surface area contributed by atoms with Crippen molar-refractivity contribution >= 4 is 49.0 Å². The minimum Gasteiger partial charge on any atom is -0.280 e. The lowest BCUT2D eigenvalue weighted by atomic mass is 10.0. The predicted molar refractivity (Wildman–Crippen MR) is 107 cm³/mol. The zero-order chi connectivity index (χ0) is 18.0. The summed E-state index contributed by atoms with van der Waals surface area (Å²) in [6, 6.07) is 12.6. The summed E-state index contributed by atoms with van der Waals surface area (Å²) in [5, 5.41) is 0. The fourth-order valence-corrected chi connectivity index (χ4v) is 5.55. The zero-order valence-electron chi connectivity index (χ0n) is 14.3. The molecule has 0 amide bonds. The van der Waals surface area contributed by atoms with Crippen molar-refractivity contribution in [3.05, 3.63) is 48.0 Å². The standard InChI is InChI=1S/C18H20N2O2S3/c1-4-23-18-19-16-10-9-15(11-17(16)24-18)25(21,22)20-14-7-5-13(6-8-14)12(2)3/h5-12,20H,4H2,1-3H3. The first kappa shape index (κ1) is 18.2. The molecule has 132 valence electrons. The lowest BCUT2D eigenvalue weighted by Crippen LogP contribution is -2.12. The third-order valence-electron chi connectivity index (χ3n) is 3.75. The van der Waals surface area contributed by atoms with E-state index in [1.807, 2.05) is 12.1 Å². The Morgan fingerprint density at radius 3 is 2.52 bits per heavy atom. The number of fused-ring (bicyclic) bond motifs is 1. The van der Waals surface area contributed by atoms with Gasteiger partial charge in [0.05, 0.1) is 15.1 Å². The molecular weight excluding hydrogens is 372 g/mol. The molecule has 0 fully saturated rings. The molecule has 0 atom stereocenters. The number of sulfonamides is 1. The summed E-state index contributed by atoms with van der Waals surface area (Å²) in [4.78, 5) is 4.76. The van der Waals surface area contributed by atoms with Gasteiger partial charge in [-0.1, -0.05) is 44.7 Å². The largest absolute Gasteiger partial charge is 0.280 e. The second-order valence-corrected chi connectivity index (χ2v) is 10.1. The van der Waals surface area contributed by atoms with E-state index >= 15 is 0 Å². The summed E-state index contributed by atoms with van der Waals surface area (Å²) in [6.45, 7) is 6.28. The highest BCUT2D eigenvalue weighted by molar-refractivity contribution is 8.01. The highest BCUT2D eigenvalue weighted by atomic mass is 32.2. The van der Waals surface area contributed by atoms with Crippen molar-refractivity contribution in [2.24, 2.45) is 0 Å². The number of anilines is 1. The molecule has 3 rings (SSSR count). The fourth-order valence-electron chi connectivity index (χ4n) is 2.39. The van der Waals surface area contributed by atoms with Crippen molar-refractivity contribution in [3.63, 3.8) is 0 Å². The van der Waals surface area contributed by atoms with Crippen molar-refractivity contribution in [2.45, 2.75) is 35.9 Å². The van der Waals surface area contributed by atoms with Gasteiger partial charge in [-0.3, -0.25) is 4.72 Å². The monoisotopic (exact) mass is 392 g/mol. The first-order valence-corrected chi connectivity index (χ1v) is 11.3. The van der Waals surface area contributed by atoms with Crippen molar-refractivity contribution in [1.82, 2.24) is 4.98 Å². The fraction of sp³-hybridized carbons (Fsp3) is 0.278. The average molecular weight is 393 g/mol. The minimum absolute atomic E-state index is 0.254. The molecule has 1 N–H and O–H groups in total. The van der Waals surface area contributed by atoms with Gasteiger partial charge in [-0.05, 0) is 47.6 Å². The summed E-state index contributed by atoms with van der Waals surface area (Å²) in [6.07, 6.45) is 0. The van der Waals surface area contributed by atoms with Crippen LogP contribution in [-0.2, 0) is 10.0 Å². The van der Waals surface area contributed by atoms with Crippen molar-refractivity contribution in [2.75, 3.05) is 10.5 Å². The van der Waals surface area contributed by atoms with E-state index < -0.39 is 10.0 Å². The Morgan fingerprint density at radius 1 is 1.16 bits per heavy atom. The third kappa shape index (κ3) is 4.16. The van der Waals surface area contributed by atoms with Crippen LogP contribution in [0.4, 0.5) is 5.69 Å². The Morgan fingerprint density at radius 2 is 1.88 bits per heavy atom. The smallest absolute Gasteiger partial charge is 0.261 e. The van der Waals surface area contributed by atoms with Crippen LogP contribution in [-0.4, -0.2) is 19.2 Å². The molecule has 0 aliphatic rings. The molecule has 0 saturated heterocycles. The number of thioether (sulfide) groups is 1. The van der Waals surface area contributed by atoms with Gasteiger partial charge in [0.25, 0.3) is 10.0 Å². The number of aromatic nitrogens is 1. The molecule has 3 aromatic rings.